The van der Waals surface area contributed by atoms with E-state index >= 15 is 0 Å². The normalized spacial score (nSPS) is 52.1. The number of fused-ring (bicyclic) bond motifs is 7. The van der Waals surface area contributed by atoms with Crippen LogP contribution < -0.4 is 0 Å². The van der Waals surface area contributed by atoms with Gasteiger partial charge < -0.3 is 94.4 Å². The van der Waals surface area contributed by atoms with Gasteiger partial charge in [-0.3, -0.25) is 0 Å². The Bertz CT molecular complexity index is 2130. The first-order valence-corrected chi connectivity index (χ1v) is 26.5. The number of allylic oxidation sites excluding steroid dienone is 2. The molecule has 8 aliphatic rings. The molecule has 26 atom stereocenters. The summed E-state index contributed by atoms with van der Waals surface area (Å²) in [4.78, 5) is 26.0. The van der Waals surface area contributed by atoms with Gasteiger partial charge in [0.1, 0.15) is 67.6 Å². The fraction of sp³-hybridized carbons (Fsp3) is 0.887. The summed E-state index contributed by atoms with van der Waals surface area (Å²) < 4.78 is 42.4. The van der Waals surface area contributed by atoms with Gasteiger partial charge in [-0.2, -0.15) is 0 Å². The van der Waals surface area contributed by atoms with E-state index < -0.39 is 168 Å². The molecule has 12 N–H and O–H groups in total. The van der Waals surface area contributed by atoms with E-state index in [9.17, 15) is 70.9 Å². The van der Waals surface area contributed by atoms with Crippen LogP contribution in [0.3, 0.4) is 0 Å². The van der Waals surface area contributed by atoms with Crippen LogP contribution in [-0.2, 0) is 42.7 Å². The third-order valence-electron chi connectivity index (χ3n) is 20.5. The van der Waals surface area contributed by atoms with Crippen molar-refractivity contribution in [1.82, 2.24) is 0 Å². The van der Waals surface area contributed by atoms with Gasteiger partial charge in [-0.1, -0.05) is 66.2 Å². The smallest absolute Gasteiger partial charge is 0.335 e. The summed E-state index contributed by atoms with van der Waals surface area (Å²) >= 11 is 0. The van der Waals surface area contributed by atoms with Gasteiger partial charge in [-0.15, -0.1) is 0 Å². The predicted octanol–water partition coefficient (Wildman–Crippen LogP) is 0.163. The molecule has 74 heavy (non-hydrogen) atoms. The number of aliphatic hydroxyl groups excluding tert-OH is 11. The zero-order valence-corrected chi connectivity index (χ0v) is 44.3. The number of esters is 1. The summed E-state index contributed by atoms with van der Waals surface area (Å²) in [5.74, 6) is -2.80. The highest BCUT2D eigenvalue weighted by Crippen LogP contribution is 2.76. The summed E-state index contributed by atoms with van der Waals surface area (Å²) in [5.41, 5.74) is -3.17. The lowest BCUT2D eigenvalue weighted by Crippen LogP contribution is -2.74. The Labute approximate surface area is 432 Å². The Hall–Kier alpha value is -2.26. The van der Waals surface area contributed by atoms with Crippen molar-refractivity contribution in [2.45, 2.75) is 231 Å². The van der Waals surface area contributed by atoms with Crippen LogP contribution in [0, 0.1) is 50.2 Å². The Morgan fingerprint density at radius 2 is 1.41 bits per heavy atom. The van der Waals surface area contributed by atoms with Crippen molar-refractivity contribution in [2.24, 2.45) is 50.2 Å². The van der Waals surface area contributed by atoms with Crippen LogP contribution in [-0.4, -0.2) is 203 Å². The van der Waals surface area contributed by atoms with Crippen LogP contribution in [0.15, 0.2) is 23.3 Å². The molecule has 0 bridgehead atoms. The van der Waals surface area contributed by atoms with Gasteiger partial charge in [0, 0.05) is 11.0 Å². The first-order chi connectivity index (χ1) is 34.4. The number of carbonyl (C=O) groups excluding carboxylic acids is 1. The second kappa shape index (κ2) is 20.4. The van der Waals surface area contributed by atoms with E-state index in [1.165, 1.54) is 6.92 Å². The van der Waals surface area contributed by atoms with Crippen molar-refractivity contribution >= 4 is 11.9 Å². The predicted molar refractivity (Wildman–Crippen MR) is 257 cm³/mol. The molecule has 3 saturated heterocycles. The minimum absolute atomic E-state index is 0.0664. The van der Waals surface area contributed by atoms with Crippen molar-refractivity contribution in [2.75, 3.05) is 13.2 Å². The average Bonchev–Trinajstić information content (AvgIpc) is 3.33. The van der Waals surface area contributed by atoms with Gasteiger partial charge in [0.05, 0.1) is 42.5 Å². The number of rotatable bonds is 11. The van der Waals surface area contributed by atoms with Crippen molar-refractivity contribution < 1.29 is 104 Å². The van der Waals surface area contributed by atoms with Gasteiger partial charge in [0.2, 0.25) is 0 Å². The minimum atomic E-state index is -2.11. The molecule has 4 saturated carbocycles. The molecule has 422 valence electrons. The highest BCUT2D eigenvalue weighted by molar-refractivity contribution is 5.87. The quantitative estimate of drug-likeness (QED) is 0.0568. The monoisotopic (exact) mass is 1060 g/mol. The maximum atomic E-state index is 13.1. The maximum absolute atomic E-state index is 13.1. The molecule has 0 unspecified atom stereocenters. The SMILES string of the molecule is C/C=C(/C)C(=O)OC[C@@]12[C@H](O)CC(C)(C)C[C@@H]1C1=CC[C@@H]3[C@@]4(C)CC[C@H](O[C@H]5O[C@@H](C(=O)O)[C@H](O)[C@@H](O[C@H]6O[C@@H](C)[C@H](O)[C@@H](O)[C@@H]6O)[C@@H]5O[C@H]5[C@H](O)[C@H](O)[C@H](O)O[C@H]5CO)C(C)(C)[C@H]4CC[C@@]3(C)[C@]1(C)[C@@H](O)[C@H]2O. The Morgan fingerprint density at radius 1 is 0.730 bits per heavy atom. The topological polar surface area (TPSA) is 342 Å². The zero-order chi connectivity index (χ0) is 54.7. The second-order valence-corrected chi connectivity index (χ2v) is 25.2. The van der Waals surface area contributed by atoms with Crippen LogP contribution in [0.2, 0.25) is 0 Å². The molecule has 5 aliphatic carbocycles. The van der Waals surface area contributed by atoms with Crippen molar-refractivity contribution in [1.29, 1.82) is 0 Å². The number of ether oxygens (including phenoxy) is 7. The average molecular weight is 1060 g/mol. The number of aliphatic carboxylic acids is 1. The molecule has 21 heteroatoms. The van der Waals surface area contributed by atoms with E-state index in [0.717, 1.165) is 5.57 Å². The third-order valence-corrected chi connectivity index (χ3v) is 20.5. The number of hydrogen-bond donors (Lipinski definition) is 12. The molecule has 3 aliphatic heterocycles. The van der Waals surface area contributed by atoms with Crippen LogP contribution in [0.25, 0.3) is 0 Å². The molecule has 0 aromatic carbocycles. The maximum Gasteiger partial charge on any atom is 0.335 e. The fourth-order valence-corrected chi connectivity index (χ4v) is 15.9. The van der Waals surface area contributed by atoms with Crippen LogP contribution >= 0.6 is 0 Å². The Kier molecular flexibility index (Phi) is 16.0. The van der Waals surface area contributed by atoms with E-state index in [4.69, 9.17) is 33.2 Å². The van der Waals surface area contributed by atoms with E-state index in [-0.39, 0.29) is 23.9 Å². The molecule has 3 heterocycles. The summed E-state index contributed by atoms with van der Waals surface area (Å²) in [7, 11) is 0. The number of aliphatic hydroxyl groups is 11. The number of carboxylic acid groups (broad SMARTS) is 1. The van der Waals surface area contributed by atoms with E-state index in [1.807, 2.05) is 20.8 Å². The lowest BCUT2D eigenvalue weighted by atomic mass is 9.32. The van der Waals surface area contributed by atoms with Crippen LogP contribution in [0.4, 0.5) is 0 Å². The van der Waals surface area contributed by atoms with Gasteiger partial charge in [0.25, 0.3) is 0 Å². The van der Waals surface area contributed by atoms with Gasteiger partial charge in [-0.05, 0) is 105 Å². The van der Waals surface area contributed by atoms with Crippen LogP contribution in [0.5, 0.6) is 0 Å². The van der Waals surface area contributed by atoms with E-state index in [1.54, 1.807) is 19.9 Å². The van der Waals surface area contributed by atoms with E-state index in [0.29, 0.717) is 50.5 Å². The minimum Gasteiger partial charge on any atom is -0.479 e. The highest BCUT2D eigenvalue weighted by atomic mass is 16.8. The largest absolute Gasteiger partial charge is 0.479 e. The molecule has 0 amide bonds. The van der Waals surface area contributed by atoms with Crippen molar-refractivity contribution in [3.05, 3.63) is 23.3 Å². The van der Waals surface area contributed by atoms with Gasteiger partial charge >= 0.3 is 11.9 Å². The number of carbonyl (C=O) groups is 2. The molecule has 0 radical (unpaired) electrons. The van der Waals surface area contributed by atoms with E-state index in [2.05, 4.69) is 33.8 Å². The summed E-state index contributed by atoms with van der Waals surface area (Å²) in [6.45, 7) is 18.4. The lowest BCUT2D eigenvalue weighted by Gasteiger charge is -2.73. The molecular weight excluding hydrogens is 973 g/mol. The standard InChI is InChI=1S/C53H84O21/c1-11-22(2)44(66)68-21-53-25(18-48(4,5)19-29(53)55)24-12-13-28-50(8)16-15-30(49(6,7)27(50)14-17-51(28,9)52(24,10)41(62)42(53)63)71-47-40(72-37-26(20-54)70-45(67)34(59)33(37)58)38(36(61)39(74-47)43(64)65)73-46-35(60)32(57)31(56)23(3)69-46/h11-12,23,25-42,45-47,54-63,67H,13-21H2,1-10H3,(H,64,65)/b22-11-/t23-,25+,26-,27+,28+,29+,30-,31-,32+,33+,34-,35-,36+,37+,38+,39+,40-,41-,42+,45+,46+,47-,50-,51+,52-,53-/m0/s1. The Morgan fingerprint density at radius 3 is 2.04 bits per heavy atom. The first-order valence-electron chi connectivity index (χ1n) is 26.5. The molecule has 7 fully saturated rings. The molecule has 8 rings (SSSR count). The molecular formula is C53H84O21. The summed E-state index contributed by atoms with van der Waals surface area (Å²) in [5, 5.41) is 135. The first kappa shape index (κ1) is 57.9. The van der Waals surface area contributed by atoms with Gasteiger partial charge in [-0.25, -0.2) is 9.59 Å². The highest BCUT2D eigenvalue weighted by Gasteiger charge is 2.74. The molecule has 0 spiro atoms. The second-order valence-electron chi connectivity index (χ2n) is 25.2. The third kappa shape index (κ3) is 8.96. The summed E-state index contributed by atoms with van der Waals surface area (Å²) in [6, 6.07) is 0. The molecule has 0 aromatic rings. The van der Waals surface area contributed by atoms with Crippen LogP contribution in [0.1, 0.15) is 114 Å². The van der Waals surface area contributed by atoms with Gasteiger partial charge in [0.15, 0.2) is 25.0 Å². The lowest BCUT2D eigenvalue weighted by molar-refractivity contribution is -0.384. The number of hydrogen-bond acceptors (Lipinski definition) is 20. The molecule has 21 nitrogen and oxygen atoms in total. The number of carboxylic acids is 1. The Balaban J connectivity index is 1.13. The van der Waals surface area contributed by atoms with Crippen molar-refractivity contribution in [3.8, 4) is 0 Å². The fourth-order valence-electron chi connectivity index (χ4n) is 15.9. The van der Waals surface area contributed by atoms with Crippen molar-refractivity contribution in [3.63, 3.8) is 0 Å². The molecule has 0 aromatic heterocycles. The zero-order valence-electron chi connectivity index (χ0n) is 44.3. The summed E-state index contributed by atoms with van der Waals surface area (Å²) in [6.07, 6.45) is -23.9.